The summed E-state index contributed by atoms with van der Waals surface area (Å²) in [5.74, 6) is 0.946. The first-order valence-electron chi connectivity index (χ1n) is 9.23. The van der Waals surface area contributed by atoms with Crippen molar-refractivity contribution in [3.63, 3.8) is 0 Å². The number of aromatic nitrogens is 3. The Morgan fingerprint density at radius 3 is 2.86 bits per heavy atom. The molecule has 0 radical (unpaired) electrons. The maximum atomic E-state index is 12.9. The van der Waals surface area contributed by atoms with Crippen LogP contribution in [-0.2, 0) is 0 Å². The van der Waals surface area contributed by atoms with Crippen molar-refractivity contribution in [2.75, 3.05) is 17.7 Å². The summed E-state index contributed by atoms with van der Waals surface area (Å²) in [4.78, 5) is 15.8. The molecule has 0 unspecified atom stereocenters. The molecule has 1 aromatic heterocycles. The molecule has 0 bridgehead atoms. The van der Waals surface area contributed by atoms with Crippen LogP contribution in [0.4, 0.5) is 5.69 Å². The predicted molar refractivity (Wildman–Crippen MR) is 113 cm³/mol. The number of thioether (sulfide) groups is 1. The van der Waals surface area contributed by atoms with Crippen molar-refractivity contribution in [2.24, 2.45) is 0 Å². The van der Waals surface area contributed by atoms with Crippen LogP contribution in [0.1, 0.15) is 25.6 Å². The Morgan fingerprint density at radius 1 is 1.31 bits per heavy atom. The molecule has 0 spiro atoms. The molecule has 0 saturated carbocycles. The molecule has 1 aliphatic heterocycles. The monoisotopic (exact) mass is 431 g/mol. The zero-order valence-corrected chi connectivity index (χ0v) is 17.5. The highest BCUT2D eigenvalue weighted by molar-refractivity contribution is 7.99. The van der Waals surface area contributed by atoms with E-state index in [-0.39, 0.29) is 22.1 Å². The molecule has 3 N–H and O–H groups in total. The van der Waals surface area contributed by atoms with Gasteiger partial charge in [0.15, 0.2) is 11.5 Å². The number of benzene rings is 2. The van der Waals surface area contributed by atoms with Gasteiger partial charge in [-0.25, -0.2) is 0 Å². The highest BCUT2D eigenvalue weighted by atomic mass is 35.5. The second kappa shape index (κ2) is 7.96. The Labute approximate surface area is 176 Å². The van der Waals surface area contributed by atoms with Crippen LogP contribution >= 0.6 is 23.4 Å². The van der Waals surface area contributed by atoms with E-state index in [1.807, 2.05) is 38.1 Å². The number of anilines is 1. The van der Waals surface area contributed by atoms with Crippen LogP contribution in [0.2, 0.25) is 5.02 Å². The molecule has 3 aromatic rings. The normalized spacial score (nSPS) is 14.7. The lowest BCUT2D eigenvalue weighted by Crippen LogP contribution is -2.55. The number of nitrogens with one attached hydrogen (secondary N) is 2. The minimum Gasteiger partial charge on any atom is -0.503 e. The van der Waals surface area contributed by atoms with Crippen LogP contribution < -0.4 is 20.3 Å². The van der Waals surface area contributed by atoms with E-state index in [4.69, 9.17) is 16.3 Å². The van der Waals surface area contributed by atoms with Crippen molar-refractivity contribution in [3.05, 3.63) is 57.3 Å². The van der Waals surface area contributed by atoms with Crippen molar-refractivity contribution in [1.82, 2.24) is 10.1 Å². The number of rotatable bonds is 5. The molecular weight excluding hydrogens is 412 g/mol. The van der Waals surface area contributed by atoms with Gasteiger partial charge in [-0.3, -0.25) is 9.78 Å². The third-order valence-corrected chi connectivity index (χ3v) is 5.56. The number of ether oxygens (including phenoxy) is 1. The number of para-hydroxylation sites is 1. The fraction of sp³-hybridized carbons (Fsp3) is 0.250. The van der Waals surface area contributed by atoms with Crippen molar-refractivity contribution < 1.29 is 14.5 Å². The first kappa shape index (κ1) is 19.6. The van der Waals surface area contributed by atoms with E-state index in [1.165, 1.54) is 11.8 Å². The third kappa shape index (κ3) is 3.54. The van der Waals surface area contributed by atoms with E-state index in [9.17, 15) is 9.90 Å². The van der Waals surface area contributed by atoms with Crippen molar-refractivity contribution in [2.45, 2.75) is 25.2 Å². The maximum absolute atomic E-state index is 12.9. The molecule has 1 aliphatic rings. The Bertz CT molecular complexity index is 1140. The van der Waals surface area contributed by atoms with E-state index >= 15 is 0 Å². The van der Waals surface area contributed by atoms with Gasteiger partial charge in [0.25, 0.3) is 6.17 Å². The molecular formula is C20H20ClN4O3S+. The Balaban J connectivity index is 1.94. The van der Waals surface area contributed by atoms with Gasteiger partial charge in [-0.1, -0.05) is 42.4 Å². The number of phenols is 1. The standard InChI is InChI=1S/C20H19ClN4O3S/c1-3-28-15-10-11(9-13(21)17(15)26)18-22-14-8-6-5-7-12(14)16-19(27)23-20(29-4-2)24-25(16)18/h5-10,18H,3-4H2,1-2H3,(H2,23,24,26,27)/p+1/t18-/m0/s1. The van der Waals surface area contributed by atoms with Crippen molar-refractivity contribution in [1.29, 1.82) is 0 Å². The molecule has 0 fully saturated rings. The fourth-order valence-corrected chi connectivity index (χ4v) is 4.14. The van der Waals surface area contributed by atoms with Gasteiger partial charge in [0.2, 0.25) is 5.16 Å². The number of nitrogens with zero attached hydrogens (tertiary/aromatic N) is 2. The lowest BCUT2D eigenvalue weighted by atomic mass is 10.0. The molecule has 2 heterocycles. The maximum Gasteiger partial charge on any atom is 0.325 e. The molecule has 29 heavy (non-hydrogen) atoms. The number of aromatic hydroxyl groups is 1. The second-order valence-corrected chi connectivity index (χ2v) is 8.02. The smallest absolute Gasteiger partial charge is 0.325 e. The number of hydrogen-bond donors (Lipinski definition) is 3. The SMILES string of the molecule is CCOc1cc([C@H]2Nc3ccccc3-c3c(=O)[nH]c(SCC)n[n+]32)cc(Cl)c1O. The van der Waals surface area contributed by atoms with Crippen LogP contribution in [0, 0.1) is 0 Å². The number of halogens is 1. The fourth-order valence-electron chi connectivity index (χ4n) is 3.33. The quantitative estimate of drug-likeness (QED) is 0.422. The minimum absolute atomic E-state index is 0.111. The number of aromatic amines is 1. The Kier molecular flexibility index (Phi) is 5.38. The van der Waals surface area contributed by atoms with Crippen molar-refractivity contribution in [3.8, 4) is 22.8 Å². The van der Waals surface area contributed by atoms with Gasteiger partial charge < -0.3 is 15.2 Å². The van der Waals surface area contributed by atoms with Gasteiger partial charge in [0.05, 0.1) is 22.9 Å². The van der Waals surface area contributed by atoms with Gasteiger partial charge in [0, 0.05) is 10.7 Å². The molecule has 0 aliphatic carbocycles. The van der Waals surface area contributed by atoms with Crippen LogP contribution in [0.15, 0.2) is 46.3 Å². The van der Waals surface area contributed by atoms with E-state index in [0.29, 0.717) is 23.0 Å². The topological polar surface area (TPSA) is 91.1 Å². The molecule has 9 heteroatoms. The summed E-state index contributed by atoms with van der Waals surface area (Å²) in [6.07, 6.45) is -0.504. The molecule has 7 nitrogen and oxygen atoms in total. The predicted octanol–water partition coefficient (Wildman–Crippen LogP) is 3.57. The first-order valence-corrected chi connectivity index (χ1v) is 10.6. The van der Waals surface area contributed by atoms with E-state index < -0.39 is 6.17 Å². The number of phenolic OH excluding ortho intramolecular Hbond substituents is 1. The molecule has 4 rings (SSSR count). The van der Waals surface area contributed by atoms with Gasteiger partial charge in [-0.2, -0.15) is 0 Å². The van der Waals surface area contributed by atoms with Crippen LogP contribution in [0.25, 0.3) is 11.3 Å². The van der Waals surface area contributed by atoms with Crippen molar-refractivity contribution >= 4 is 29.1 Å². The summed E-state index contributed by atoms with van der Waals surface area (Å²) in [7, 11) is 0. The molecule has 1 atom stereocenters. The summed E-state index contributed by atoms with van der Waals surface area (Å²) in [6, 6.07) is 10.9. The zero-order valence-electron chi connectivity index (χ0n) is 15.9. The minimum atomic E-state index is -0.504. The van der Waals surface area contributed by atoms with Crippen LogP contribution in [0.3, 0.4) is 0 Å². The van der Waals surface area contributed by atoms with E-state index in [2.05, 4.69) is 15.4 Å². The summed E-state index contributed by atoms with van der Waals surface area (Å²) < 4.78 is 7.19. The largest absolute Gasteiger partial charge is 0.503 e. The van der Waals surface area contributed by atoms with Gasteiger partial charge in [0.1, 0.15) is 0 Å². The first-order chi connectivity index (χ1) is 14.0. The number of H-pyrrole nitrogens is 1. The molecule has 0 amide bonds. The number of fused-ring (bicyclic) bond motifs is 3. The average Bonchev–Trinajstić information content (AvgIpc) is 2.71. The average molecular weight is 432 g/mol. The summed E-state index contributed by atoms with van der Waals surface area (Å²) in [5, 5.41) is 19.0. The second-order valence-electron chi connectivity index (χ2n) is 6.36. The van der Waals surface area contributed by atoms with E-state index in [1.54, 1.807) is 16.8 Å². The highest BCUT2D eigenvalue weighted by Crippen LogP contribution is 2.39. The lowest BCUT2D eigenvalue weighted by Gasteiger charge is -2.23. The molecule has 0 saturated heterocycles. The van der Waals surface area contributed by atoms with Crippen LogP contribution in [-0.4, -0.2) is 27.5 Å². The van der Waals surface area contributed by atoms with Gasteiger partial charge in [-0.05, 0) is 41.6 Å². The number of hydrogen-bond acceptors (Lipinski definition) is 6. The van der Waals surface area contributed by atoms with Crippen LogP contribution in [0.5, 0.6) is 11.5 Å². The van der Waals surface area contributed by atoms with Gasteiger partial charge in [-0.15, -0.1) is 0 Å². The zero-order chi connectivity index (χ0) is 20.5. The highest BCUT2D eigenvalue weighted by Gasteiger charge is 2.38. The van der Waals surface area contributed by atoms with E-state index in [0.717, 1.165) is 17.0 Å². The Hall–Kier alpha value is -2.71. The summed E-state index contributed by atoms with van der Waals surface area (Å²) in [6.45, 7) is 4.20. The molecule has 2 aromatic carbocycles. The Morgan fingerprint density at radius 2 is 2.10 bits per heavy atom. The third-order valence-electron chi connectivity index (χ3n) is 4.53. The summed E-state index contributed by atoms with van der Waals surface area (Å²) in [5.41, 5.74) is 2.52. The van der Waals surface area contributed by atoms with Gasteiger partial charge >= 0.3 is 11.3 Å². The summed E-state index contributed by atoms with van der Waals surface area (Å²) >= 11 is 7.71. The molecule has 150 valence electrons. The lowest BCUT2D eigenvalue weighted by molar-refractivity contribution is -0.759.